The van der Waals surface area contributed by atoms with Crippen molar-refractivity contribution in [3.05, 3.63) is 58.1 Å². The molecule has 2 nitrogen and oxygen atoms in total. The predicted octanol–water partition coefficient (Wildman–Crippen LogP) is 3.88. The van der Waals surface area contributed by atoms with Crippen molar-refractivity contribution >= 4 is 11.6 Å². The van der Waals surface area contributed by atoms with Gasteiger partial charge in [-0.15, -0.1) is 0 Å². The molecule has 0 saturated heterocycles. The molecule has 5 heteroatoms. The Morgan fingerprint density at radius 2 is 1.74 bits per heavy atom. The number of hydrogen-bond donors (Lipinski definition) is 0. The molecule has 3 rings (SSSR count). The van der Waals surface area contributed by atoms with E-state index in [1.807, 2.05) is 0 Å². The molecule has 1 saturated carbocycles. The van der Waals surface area contributed by atoms with Crippen LogP contribution in [-0.2, 0) is 6.42 Å². The third-order valence-electron chi connectivity index (χ3n) is 3.04. The Labute approximate surface area is 114 Å². The molecule has 0 amide bonds. The van der Waals surface area contributed by atoms with E-state index in [4.69, 9.17) is 11.6 Å². The number of aromatic nitrogens is 2. The Hall–Kier alpha value is -1.55. The van der Waals surface area contributed by atoms with Gasteiger partial charge in [0, 0.05) is 24.1 Å². The Kier molecular flexibility index (Phi) is 3.19. The molecule has 2 aromatic rings. The number of benzene rings is 1. The quantitative estimate of drug-likeness (QED) is 0.798. The molecule has 0 atom stereocenters. The van der Waals surface area contributed by atoms with Gasteiger partial charge < -0.3 is 0 Å². The summed E-state index contributed by atoms with van der Waals surface area (Å²) in [4.78, 5) is 8.52. The Bertz CT molecular complexity index is 607. The largest absolute Gasteiger partial charge is 0.237 e. The average Bonchev–Trinajstić information content (AvgIpc) is 3.09. The summed E-state index contributed by atoms with van der Waals surface area (Å²) < 4.78 is 26.2. The zero-order valence-electron chi connectivity index (χ0n) is 10.0. The fourth-order valence-corrected chi connectivity index (χ4v) is 2.26. The molecule has 19 heavy (non-hydrogen) atoms. The maximum absolute atomic E-state index is 13.1. The van der Waals surface area contributed by atoms with E-state index in [0.717, 1.165) is 24.6 Å². The Morgan fingerprint density at radius 3 is 2.37 bits per heavy atom. The van der Waals surface area contributed by atoms with E-state index in [0.29, 0.717) is 22.5 Å². The highest BCUT2D eigenvalue weighted by Gasteiger charge is 2.26. The molecular formula is C14H11ClF2N2. The molecule has 0 bridgehead atoms. The average molecular weight is 281 g/mol. The molecule has 1 aromatic heterocycles. The van der Waals surface area contributed by atoms with Crippen LogP contribution in [0.2, 0.25) is 5.15 Å². The smallest absolute Gasteiger partial charge is 0.134 e. The maximum atomic E-state index is 13.1. The van der Waals surface area contributed by atoms with Crippen molar-refractivity contribution < 1.29 is 8.78 Å². The Balaban J connectivity index is 1.89. The van der Waals surface area contributed by atoms with Gasteiger partial charge in [-0.1, -0.05) is 11.6 Å². The van der Waals surface area contributed by atoms with Crippen molar-refractivity contribution in [2.75, 3.05) is 0 Å². The molecular weight excluding hydrogens is 270 g/mol. The third kappa shape index (κ3) is 3.07. The standard InChI is InChI=1S/C14H11ClF2N2/c15-13-7-12(9-1-2-9)18-14(19-13)5-8-3-10(16)6-11(17)4-8/h3-4,6-7,9H,1-2,5H2. The Morgan fingerprint density at radius 1 is 1.05 bits per heavy atom. The van der Waals surface area contributed by atoms with Crippen molar-refractivity contribution in [3.63, 3.8) is 0 Å². The first kappa shape index (κ1) is 12.5. The zero-order valence-corrected chi connectivity index (χ0v) is 10.8. The van der Waals surface area contributed by atoms with Gasteiger partial charge in [-0.3, -0.25) is 0 Å². The van der Waals surface area contributed by atoms with Crippen LogP contribution in [0.25, 0.3) is 0 Å². The van der Waals surface area contributed by atoms with Gasteiger partial charge in [0.15, 0.2) is 0 Å². The highest BCUT2D eigenvalue weighted by atomic mass is 35.5. The molecule has 0 spiro atoms. The lowest BCUT2D eigenvalue weighted by Crippen LogP contribution is -2.01. The maximum Gasteiger partial charge on any atom is 0.134 e. The van der Waals surface area contributed by atoms with Crippen molar-refractivity contribution in [1.29, 1.82) is 0 Å². The van der Waals surface area contributed by atoms with Crippen LogP contribution in [0.5, 0.6) is 0 Å². The lowest BCUT2D eigenvalue weighted by atomic mass is 10.1. The van der Waals surface area contributed by atoms with Gasteiger partial charge >= 0.3 is 0 Å². The lowest BCUT2D eigenvalue weighted by Gasteiger charge is -2.05. The van der Waals surface area contributed by atoms with Crippen LogP contribution in [0.3, 0.4) is 0 Å². The van der Waals surface area contributed by atoms with E-state index < -0.39 is 11.6 Å². The number of nitrogens with zero attached hydrogens (tertiary/aromatic N) is 2. The number of hydrogen-bond acceptors (Lipinski definition) is 2. The van der Waals surface area contributed by atoms with E-state index in [1.54, 1.807) is 6.07 Å². The van der Waals surface area contributed by atoms with Crippen LogP contribution in [0, 0.1) is 11.6 Å². The van der Waals surface area contributed by atoms with Crippen molar-refractivity contribution in [1.82, 2.24) is 9.97 Å². The second kappa shape index (κ2) is 4.85. The first-order valence-corrected chi connectivity index (χ1v) is 6.46. The fraction of sp³-hybridized carbons (Fsp3) is 0.286. The molecule has 0 unspecified atom stereocenters. The van der Waals surface area contributed by atoms with Gasteiger partial charge in [0.2, 0.25) is 0 Å². The van der Waals surface area contributed by atoms with Gasteiger partial charge in [-0.2, -0.15) is 0 Å². The van der Waals surface area contributed by atoms with E-state index in [-0.39, 0.29) is 6.42 Å². The first-order chi connectivity index (χ1) is 9.10. The van der Waals surface area contributed by atoms with Crippen molar-refractivity contribution in [3.8, 4) is 0 Å². The highest BCUT2D eigenvalue weighted by molar-refractivity contribution is 6.29. The summed E-state index contributed by atoms with van der Waals surface area (Å²) >= 11 is 5.95. The summed E-state index contributed by atoms with van der Waals surface area (Å²) in [6.07, 6.45) is 2.50. The third-order valence-corrected chi connectivity index (χ3v) is 3.23. The van der Waals surface area contributed by atoms with E-state index >= 15 is 0 Å². The SMILES string of the molecule is Fc1cc(F)cc(Cc2nc(Cl)cc(C3CC3)n2)c1. The normalized spacial score (nSPS) is 14.7. The predicted molar refractivity (Wildman–Crippen MR) is 68.2 cm³/mol. The molecule has 0 aliphatic heterocycles. The molecule has 0 radical (unpaired) electrons. The van der Waals surface area contributed by atoms with Crippen molar-refractivity contribution in [2.24, 2.45) is 0 Å². The number of halogens is 3. The molecule has 0 N–H and O–H groups in total. The fourth-order valence-electron chi connectivity index (χ4n) is 2.05. The van der Waals surface area contributed by atoms with E-state index in [2.05, 4.69) is 9.97 Å². The van der Waals surface area contributed by atoms with Gasteiger partial charge in [0.1, 0.15) is 22.6 Å². The van der Waals surface area contributed by atoms with E-state index in [9.17, 15) is 8.78 Å². The van der Waals surface area contributed by atoms with Gasteiger partial charge in [0.25, 0.3) is 0 Å². The van der Waals surface area contributed by atoms with Gasteiger partial charge in [-0.05, 0) is 36.6 Å². The minimum absolute atomic E-state index is 0.273. The monoisotopic (exact) mass is 280 g/mol. The summed E-state index contributed by atoms with van der Waals surface area (Å²) in [5, 5.41) is 0.378. The number of rotatable bonds is 3. The van der Waals surface area contributed by atoms with Crippen LogP contribution in [0.4, 0.5) is 8.78 Å². The van der Waals surface area contributed by atoms with Crippen LogP contribution < -0.4 is 0 Å². The summed E-state index contributed by atoms with van der Waals surface area (Å²) in [5.74, 6) is -0.234. The summed E-state index contributed by atoms with van der Waals surface area (Å²) in [6.45, 7) is 0. The molecule has 1 fully saturated rings. The molecule has 1 aliphatic carbocycles. The first-order valence-electron chi connectivity index (χ1n) is 6.08. The van der Waals surface area contributed by atoms with Crippen LogP contribution in [0.1, 0.15) is 35.8 Å². The topological polar surface area (TPSA) is 25.8 Å². The second-order valence-electron chi connectivity index (χ2n) is 4.76. The van der Waals surface area contributed by atoms with Crippen LogP contribution in [-0.4, -0.2) is 9.97 Å². The second-order valence-corrected chi connectivity index (χ2v) is 5.15. The molecule has 98 valence electrons. The summed E-state index contributed by atoms with van der Waals surface area (Å²) in [6, 6.07) is 5.17. The van der Waals surface area contributed by atoms with Crippen LogP contribution >= 0.6 is 11.6 Å². The lowest BCUT2D eigenvalue weighted by molar-refractivity contribution is 0.580. The summed E-state index contributed by atoms with van der Waals surface area (Å²) in [5.41, 5.74) is 1.42. The van der Waals surface area contributed by atoms with Gasteiger partial charge in [0.05, 0.1) is 0 Å². The minimum Gasteiger partial charge on any atom is -0.237 e. The molecule has 1 aliphatic rings. The zero-order chi connectivity index (χ0) is 13.4. The highest BCUT2D eigenvalue weighted by Crippen LogP contribution is 2.39. The summed E-state index contributed by atoms with van der Waals surface area (Å²) in [7, 11) is 0. The van der Waals surface area contributed by atoms with Crippen LogP contribution in [0.15, 0.2) is 24.3 Å². The van der Waals surface area contributed by atoms with Crippen molar-refractivity contribution in [2.45, 2.75) is 25.2 Å². The van der Waals surface area contributed by atoms with E-state index in [1.165, 1.54) is 12.1 Å². The minimum atomic E-state index is -0.598. The van der Waals surface area contributed by atoms with Gasteiger partial charge in [-0.25, -0.2) is 18.7 Å². The molecule has 1 heterocycles. The molecule has 1 aromatic carbocycles.